The molecule has 1 heteroatoms. The van der Waals surface area contributed by atoms with Crippen LogP contribution in [0.5, 0.6) is 0 Å². The molecule has 2 fully saturated rings. The summed E-state index contributed by atoms with van der Waals surface area (Å²) in [5.74, 6) is 1.91. The molecule has 0 aromatic carbocycles. The van der Waals surface area contributed by atoms with Gasteiger partial charge in [-0.15, -0.1) is 0 Å². The highest BCUT2D eigenvalue weighted by molar-refractivity contribution is 4.96. The highest BCUT2D eigenvalue weighted by Crippen LogP contribution is 2.52. The van der Waals surface area contributed by atoms with E-state index in [1.165, 1.54) is 58.0 Å². The van der Waals surface area contributed by atoms with Crippen LogP contribution < -0.4 is 5.32 Å². The summed E-state index contributed by atoms with van der Waals surface area (Å²) in [5, 5.41) is 3.61. The lowest BCUT2D eigenvalue weighted by Gasteiger charge is -2.51. The van der Waals surface area contributed by atoms with Crippen LogP contribution in [0.25, 0.3) is 0 Å². The van der Waals surface area contributed by atoms with Crippen molar-refractivity contribution >= 4 is 0 Å². The second-order valence-electron chi connectivity index (χ2n) is 7.54. The van der Waals surface area contributed by atoms with Crippen LogP contribution >= 0.6 is 0 Å². The van der Waals surface area contributed by atoms with E-state index in [-0.39, 0.29) is 0 Å². The molecule has 1 N–H and O–H groups in total. The van der Waals surface area contributed by atoms with Crippen LogP contribution in [0.15, 0.2) is 0 Å². The molecule has 0 amide bonds. The van der Waals surface area contributed by atoms with Gasteiger partial charge in [-0.05, 0) is 67.9 Å². The average molecular weight is 251 g/mol. The van der Waals surface area contributed by atoms with Crippen molar-refractivity contribution in [2.45, 2.75) is 72.6 Å². The topological polar surface area (TPSA) is 12.0 Å². The van der Waals surface area contributed by atoms with Gasteiger partial charge in [0.05, 0.1) is 0 Å². The van der Waals surface area contributed by atoms with E-state index >= 15 is 0 Å². The van der Waals surface area contributed by atoms with Crippen LogP contribution in [0, 0.1) is 22.7 Å². The Bertz CT molecular complexity index is 261. The normalized spacial score (nSPS) is 38.0. The second kappa shape index (κ2) is 5.53. The summed E-state index contributed by atoms with van der Waals surface area (Å²) in [7, 11) is 0. The molecular formula is C17H33N. The Morgan fingerprint density at radius 2 is 1.78 bits per heavy atom. The number of piperidine rings is 1. The fraction of sp³-hybridized carbons (Fsp3) is 1.00. The SMILES string of the molecule is CCC1CNCCC12CCC(C(C)(C)CC)CC2. The lowest BCUT2D eigenvalue weighted by molar-refractivity contribution is 0.00932. The molecule has 18 heavy (non-hydrogen) atoms. The largest absolute Gasteiger partial charge is 0.316 e. The standard InChI is InChI=1S/C17H33N/c1-5-14-13-18-12-11-17(14)9-7-15(8-10-17)16(3,4)6-2/h14-15,18H,5-13H2,1-4H3. The van der Waals surface area contributed by atoms with Crippen molar-refractivity contribution < 1.29 is 0 Å². The maximum atomic E-state index is 3.61. The molecule has 1 unspecified atom stereocenters. The van der Waals surface area contributed by atoms with Crippen LogP contribution in [0.1, 0.15) is 72.6 Å². The van der Waals surface area contributed by atoms with Crippen molar-refractivity contribution in [3.63, 3.8) is 0 Å². The van der Waals surface area contributed by atoms with E-state index in [9.17, 15) is 0 Å². The van der Waals surface area contributed by atoms with Gasteiger partial charge in [0.25, 0.3) is 0 Å². The molecule has 0 aromatic heterocycles. The number of nitrogens with one attached hydrogen (secondary N) is 1. The Kier molecular flexibility index (Phi) is 4.41. The predicted octanol–water partition coefficient (Wildman–Crippen LogP) is 4.62. The summed E-state index contributed by atoms with van der Waals surface area (Å²) in [6.07, 6.45) is 10.1. The van der Waals surface area contributed by atoms with Crippen molar-refractivity contribution in [2.75, 3.05) is 13.1 Å². The Labute approximate surface area is 114 Å². The van der Waals surface area contributed by atoms with Crippen LogP contribution in [0.3, 0.4) is 0 Å². The molecule has 1 atom stereocenters. The molecule has 1 saturated heterocycles. The van der Waals surface area contributed by atoms with Gasteiger partial charge in [-0.3, -0.25) is 0 Å². The third-order valence-corrected chi connectivity index (χ3v) is 6.55. The molecule has 0 aromatic rings. The highest BCUT2D eigenvalue weighted by atomic mass is 14.9. The monoisotopic (exact) mass is 251 g/mol. The minimum absolute atomic E-state index is 0.566. The molecule has 1 nitrogen and oxygen atoms in total. The summed E-state index contributed by atoms with van der Waals surface area (Å²) < 4.78 is 0. The number of hydrogen-bond acceptors (Lipinski definition) is 1. The van der Waals surface area contributed by atoms with E-state index in [4.69, 9.17) is 0 Å². The molecule has 2 aliphatic rings. The van der Waals surface area contributed by atoms with E-state index in [1.54, 1.807) is 0 Å². The minimum Gasteiger partial charge on any atom is -0.316 e. The third-order valence-electron chi connectivity index (χ3n) is 6.55. The molecular weight excluding hydrogens is 218 g/mol. The van der Waals surface area contributed by atoms with Crippen molar-refractivity contribution in [1.82, 2.24) is 5.32 Å². The van der Waals surface area contributed by atoms with Crippen LogP contribution in [0.2, 0.25) is 0 Å². The summed E-state index contributed by atoms with van der Waals surface area (Å²) in [6, 6.07) is 0. The summed E-state index contributed by atoms with van der Waals surface area (Å²) in [4.78, 5) is 0. The molecule has 1 spiro atoms. The molecule has 1 saturated carbocycles. The van der Waals surface area contributed by atoms with Gasteiger partial charge in [0.15, 0.2) is 0 Å². The Hall–Kier alpha value is -0.0400. The second-order valence-corrected chi connectivity index (χ2v) is 7.54. The minimum atomic E-state index is 0.566. The molecule has 2 rings (SSSR count). The lowest BCUT2D eigenvalue weighted by Crippen LogP contribution is -2.47. The fourth-order valence-electron chi connectivity index (χ4n) is 4.53. The Morgan fingerprint density at radius 1 is 1.11 bits per heavy atom. The van der Waals surface area contributed by atoms with Crippen molar-refractivity contribution in [3.05, 3.63) is 0 Å². The number of rotatable bonds is 3. The molecule has 1 aliphatic heterocycles. The smallest absolute Gasteiger partial charge is 0.00153 e. The summed E-state index contributed by atoms with van der Waals surface area (Å²) in [6.45, 7) is 12.3. The van der Waals surface area contributed by atoms with Gasteiger partial charge >= 0.3 is 0 Å². The first-order chi connectivity index (χ1) is 8.54. The quantitative estimate of drug-likeness (QED) is 0.772. The van der Waals surface area contributed by atoms with Gasteiger partial charge in [0, 0.05) is 0 Å². The van der Waals surface area contributed by atoms with Gasteiger partial charge in [-0.25, -0.2) is 0 Å². The van der Waals surface area contributed by atoms with Crippen LogP contribution in [-0.2, 0) is 0 Å². The maximum Gasteiger partial charge on any atom is -0.00153 e. The summed E-state index contributed by atoms with van der Waals surface area (Å²) >= 11 is 0. The van der Waals surface area contributed by atoms with Crippen LogP contribution in [0.4, 0.5) is 0 Å². The zero-order valence-corrected chi connectivity index (χ0v) is 13.0. The Balaban J connectivity index is 2.00. The van der Waals surface area contributed by atoms with E-state index in [1.807, 2.05) is 0 Å². The van der Waals surface area contributed by atoms with Gasteiger partial charge < -0.3 is 5.32 Å². The molecule has 1 aliphatic carbocycles. The number of hydrogen-bond donors (Lipinski definition) is 1. The van der Waals surface area contributed by atoms with Gasteiger partial charge in [0.2, 0.25) is 0 Å². The lowest BCUT2D eigenvalue weighted by atomic mass is 9.56. The molecule has 0 radical (unpaired) electrons. The molecule has 1 heterocycles. The van der Waals surface area contributed by atoms with Crippen molar-refractivity contribution in [3.8, 4) is 0 Å². The van der Waals surface area contributed by atoms with E-state index in [0.717, 1.165) is 11.8 Å². The maximum absolute atomic E-state index is 3.61. The third kappa shape index (κ3) is 2.61. The van der Waals surface area contributed by atoms with Gasteiger partial charge in [0.1, 0.15) is 0 Å². The fourth-order valence-corrected chi connectivity index (χ4v) is 4.53. The molecule has 106 valence electrons. The average Bonchev–Trinajstić information content (AvgIpc) is 2.40. The summed E-state index contributed by atoms with van der Waals surface area (Å²) in [5.41, 5.74) is 1.27. The Morgan fingerprint density at radius 3 is 2.33 bits per heavy atom. The highest BCUT2D eigenvalue weighted by Gasteiger charge is 2.44. The van der Waals surface area contributed by atoms with Crippen molar-refractivity contribution in [2.24, 2.45) is 22.7 Å². The van der Waals surface area contributed by atoms with E-state index in [0.29, 0.717) is 10.8 Å². The molecule has 0 bridgehead atoms. The van der Waals surface area contributed by atoms with E-state index in [2.05, 4.69) is 33.0 Å². The first kappa shape index (κ1) is 14.4. The van der Waals surface area contributed by atoms with Gasteiger partial charge in [-0.1, -0.05) is 40.5 Å². The first-order valence-electron chi connectivity index (χ1n) is 8.25. The van der Waals surface area contributed by atoms with E-state index < -0.39 is 0 Å². The first-order valence-corrected chi connectivity index (χ1v) is 8.25. The van der Waals surface area contributed by atoms with Crippen LogP contribution in [-0.4, -0.2) is 13.1 Å². The zero-order valence-electron chi connectivity index (χ0n) is 13.0. The predicted molar refractivity (Wildman–Crippen MR) is 79.7 cm³/mol. The van der Waals surface area contributed by atoms with Gasteiger partial charge in [-0.2, -0.15) is 0 Å². The van der Waals surface area contributed by atoms with Crippen molar-refractivity contribution in [1.29, 1.82) is 0 Å². The zero-order chi connectivity index (χ0) is 13.2.